The van der Waals surface area contributed by atoms with Gasteiger partial charge in [-0.25, -0.2) is 0 Å². The molecule has 1 amide bonds. The molecule has 1 aromatic rings. The smallest absolute Gasteiger partial charge is 0.249 e. The lowest BCUT2D eigenvalue weighted by molar-refractivity contribution is -0.131. The van der Waals surface area contributed by atoms with E-state index in [0.29, 0.717) is 5.56 Å². The fourth-order valence-corrected chi connectivity index (χ4v) is 0.899. The Balaban J connectivity index is 2.79. The second-order valence-corrected chi connectivity index (χ2v) is 2.57. The molecule has 0 saturated heterocycles. The van der Waals surface area contributed by atoms with E-state index < -0.39 is 18.1 Å². The molecule has 5 nitrogen and oxygen atoms in total. The van der Waals surface area contributed by atoms with Gasteiger partial charge in [0.15, 0.2) is 6.10 Å². The maximum absolute atomic E-state index is 10.5. The van der Waals surface area contributed by atoms with E-state index in [1.54, 1.807) is 0 Å². The summed E-state index contributed by atoms with van der Waals surface area (Å²) in [4.78, 5) is 14.2. The second kappa shape index (κ2) is 3.97. The lowest BCUT2D eigenvalue weighted by atomic mass is 10.1. The largest absolute Gasteiger partial charge is 0.385 e. The Morgan fingerprint density at radius 2 is 1.92 bits per heavy atom. The van der Waals surface area contributed by atoms with E-state index in [4.69, 9.17) is 10.8 Å². The second-order valence-electron chi connectivity index (χ2n) is 2.57. The van der Waals surface area contributed by atoms with Crippen molar-refractivity contribution in [3.63, 3.8) is 0 Å². The Morgan fingerprint density at radius 3 is 2.38 bits per heavy atom. The molecule has 0 spiro atoms. The highest BCUT2D eigenvalue weighted by Crippen LogP contribution is 2.14. The first-order valence-electron chi connectivity index (χ1n) is 3.68. The van der Waals surface area contributed by atoms with Crippen LogP contribution in [0.4, 0.5) is 0 Å². The van der Waals surface area contributed by atoms with Crippen LogP contribution >= 0.6 is 0 Å². The van der Waals surface area contributed by atoms with Crippen molar-refractivity contribution in [3.05, 3.63) is 30.1 Å². The predicted octanol–water partition coefficient (Wildman–Crippen LogP) is -1.04. The van der Waals surface area contributed by atoms with Crippen LogP contribution in [-0.2, 0) is 4.79 Å². The number of nitrogens with two attached hydrogens (primary N) is 1. The topological polar surface area (TPSA) is 96.4 Å². The van der Waals surface area contributed by atoms with Gasteiger partial charge in [0, 0.05) is 12.4 Å². The number of hydrogen-bond acceptors (Lipinski definition) is 4. The van der Waals surface area contributed by atoms with Crippen molar-refractivity contribution in [2.75, 3.05) is 0 Å². The summed E-state index contributed by atoms with van der Waals surface area (Å²) in [6.07, 6.45) is 0.0290. The summed E-state index contributed by atoms with van der Waals surface area (Å²) >= 11 is 0. The number of carbonyl (C=O) groups is 1. The SMILES string of the molecule is NC(=O)C(O)C(O)c1ccncc1. The van der Waals surface area contributed by atoms with Crippen molar-refractivity contribution >= 4 is 5.91 Å². The van der Waals surface area contributed by atoms with Crippen molar-refractivity contribution in [2.45, 2.75) is 12.2 Å². The molecule has 0 radical (unpaired) electrons. The minimum atomic E-state index is -1.58. The maximum atomic E-state index is 10.5. The third-order valence-corrected chi connectivity index (χ3v) is 1.64. The molecular formula is C8H10N2O3. The molecule has 13 heavy (non-hydrogen) atoms. The zero-order chi connectivity index (χ0) is 9.84. The third-order valence-electron chi connectivity index (χ3n) is 1.64. The van der Waals surface area contributed by atoms with Crippen molar-refractivity contribution < 1.29 is 15.0 Å². The zero-order valence-corrected chi connectivity index (χ0v) is 6.79. The first kappa shape index (κ1) is 9.63. The van der Waals surface area contributed by atoms with E-state index in [-0.39, 0.29) is 0 Å². The summed E-state index contributed by atoms with van der Waals surface area (Å²) in [5, 5.41) is 18.5. The average Bonchev–Trinajstić information content (AvgIpc) is 2.17. The molecule has 1 rings (SSSR count). The van der Waals surface area contributed by atoms with Gasteiger partial charge in [0.2, 0.25) is 5.91 Å². The van der Waals surface area contributed by atoms with Gasteiger partial charge in [0.1, 0.15) is 6.10 Å². The zero-order valence-electron chi connectivity index (χ0n) is 6.79. The summed E-state index contributed by atoms with van der Waals surface area (Å²) in [6.45, 7) is 0. The lowest BCUT2D eigenvalue weighted by Crippen LogP contribution is -2.33. The molecule has 1 aromatic heterocycles. The molecule has 1 heterocycles. The summed E-state index contributed by atoms with van der Waals surface area (Å²) < 4.78 is 0. The Morgan fingerprint density at radius 1 is 1.38 bits per heavy atom. The molecule has 0 saturated carbocycles. The van der Waals surface area contributed by atoms with Gasteiger partial charge in [0.05, 0.1) is 0 Å². The number of aromatic nitrogens is 1. The molecule has 70 valence electrons. The number of carbonyl (C=O) groups excluding carboxylic acids is 1. The average molecular weight is 182 g/mol. The number of aliphatic hydroxyl groups excluding tert-OH is 2. The van der Waals surface area contributed by atoms with Crippen LogP contribution in [0.15, 0.2) is 24.5 Å². The van der Waals surface area contributed by atoms with Crippen LogP contribution in [0.2, 0.25) is 0 Å². The van der Waals surface area contributed by atoms with Crippen molar-refractivity contribution in [1.29, 1.82) is 0 Å². The standard InChI is InChI=1S/C8H10N2O3/c9-8(13)7(12)6(11)5-1-3-10-4-2-5/h1-4,6-7,11-12H,(H2,9,13). The molecule has 5 heteroatoms. The molecule has 0 aliphatic rings. The number of nitrogens with zero attached hydrogens (tertiary/aromatic N) is 1. The molecule has 2 unspecified atom stereocenters. The molecule has 0 fully saturated rings. The minimum Gasteiger partial charge on any atom is -0.385 e. The number of primary amides is 1. The maximum Gasteiger partial charge on any atom is 0.249 e. The van der Waals surface area contributed by atoms with E-state index in [2.05, 4.69) is 4.98 Å². The molecule has 0 bridgehead atoms. The van der Waals surface area contributed by atoms with Gasteiger partial charge in [-0.2, -0.15) is 0 Å². The Kier molecular flexibility index (Phi) is 2.94. The van der Waals surface area contributed by atoms with Crippen LogP contribution in [0.3, 0.4) is 0 Å². The lowest BCUT2D eigenvalue weighted by Gasteiger charge is -2.14. The molecule has 0 aliphatic heterocycles. The number of hydrogen-bond donors (Lipinski definition) is 3. The van der Waals surface area contributed by atoms with Crippen molar-refractivity contribution in [3.8, 4) is 0 Å². The van der Waals surface area contributed by atoms with Gasteiger partial charge in [-0.1, -0.05) is 0 Å². The number of aliphatic hydroxyl groups is 2. The van der Waals surface area contributed by atoms with Crippen LogP contribution in [0.1, 0.15) is 11.7 Å². The van der Waals surface area contributed by atoms with Crippen LogP contribution in [-0.4, -0.2) is 27.2 Å². The molecule has 2 atom stereocenters. The van der Waals surface area contributed by atoms with Gasteiger partial charge in [-0.3, -0.25) is 9.78 Å². The molecule has 4 N–H and O–H groups in total. The third kappa shape index (κ3) is 2.24. The molecule has 0 aliphatic carbocycles. The summed E-state index contributed by atoms with van der Waals surface area (Å²) in [5.41, 5.74) is 5.21. The Labute approximate surface area is 74.8 Å². The monoisotopic (exact) mass is 182 g/mol. The first-order valence-corrected chi connectivity index (χ1v) is 3.68. The number of rotatable bonds is 3. The normalized spacial score (nSPS) is 14.9. The van der Waals surface area contributed by atoms with Gasteiger partial charge in [0.25, 0.3) is 0 Å². The first-order chi connectivity index (χ1) is 6.13. The van der Waals surface area contributed by atoms with Crippen LogP contribution in [0, 0.1) is 0 Å². The van der Waals surface area contributed by atoms with Gasteiger partial charge in [-0.05, 0) is 17.7 Å². The molecular weight excluding hydrogens is 172 g/mol. The van der Waals surface area contributed by atoms with Gasteiger partial charge in [-0.15, -0.1) is 0 Å². The van der Waals surface area contributed by atoms with Crippen LogP contribution in [0.5, 0.6) is 0 Å². The Bertz CT molecular complexity index is 289. The predicted molar refractivity (Wildman–Crippen MR) is 44.4 cm³/mol. The number of amides is 1. The fourth-order valence-electron chi connectivity index (χ4n) is 0.899. The Hall–Kier alpha value is -1.46. The fraction of sp³-hybridized carbons (Fsp3) is 0.250. The van der Waals surface area contributed by atoms with E-state index in [1.807, 2.05) is 0 Å². The summed E-state index contributed by atoms with van der Waals surface area (Å²) in [7, 11) is 0. The van der Waals surface area contributed by atoms with Crippen molar-refractivity contribution in [1.82, 2.24) is 4.98 Å². The number of pyridine rings is 1. The van der Waals surface area contributed by atoms with E-state index in [0.717, 1.165) is 0 Å². The van der Waals surface area contributed by atoms with E-state index >= 15 is 0 Å². The van der Waals surface area contributed by atoms with E-state index in [1.165, 1.54) is 24.5 Å². The van der Waals surface area contributed by atoms with Gasteiger partial charge >= 0.3 is 0 Å². The summed E-state index contributed by atoms with van der Waals surface area (Å²) in [6, 6.07) is 2.99. The van der Waals surface area contributed by atoms with Crippen molar-refractivity contribution in [2.24, 2.45) is 5.73 Å². The van der Waals surface area contributed by atoms with Gasteiger partial charge < -0.3 is 15.9 Å². The minimum absolute atomic E-state index is 0.404. The van der Waals surface area contributed by atoms with Crippen LogP contribution < -0.4 is 5.73 Å². The highest BCUT2D eigenvalue weighted by atomic mass is 16.3. The van der Waals surface area contributed by atoms with E-state index in [9.17, 15) is 9.90 Å². The highest BCUT2D eigenvalue weighted by Gasteiger charge is 2.22. The molecule has 0 aromatic carbocycles. The summed E-state index contributed by atoms with van der Waals surface area (Å²) in [5.74, 6) is -0.954. The van der Waals surface area contributed by atoms with Crippen LogP contribution in [0.25, 0.3) is 0 Å². The highest BCUT2D eigenvalue weighted by molar-refractivity contribution is 5.79. The quantitative estimate of drug-likeness (QED) is 0.556.